The van der Waals surface area contributed by atoms with Gasteiger partial charge in [0, 0.05) is 23.4 Å². The molecule has 0 aliphatic heterocycles. The number of carboxylic acid groups (broad SMARTS) is 1. The zero-order valence-electron chi connectivity index (χ0n) is 15.7. The van der Waals surface area contributed by atoms with Crippen LogP contribution in [0.25, 0.3) is 22.6 Å². The Morgan fingerprint density at radius 1 is 1.24 bits per heavy atom. The van der Waals surface area contributed by atoms with Crippen molar-refractivity contribution in [3.8, 4) is 34.2 Å². The van der Waals surface area contributed by atoms with Crippen molar-refractivity contribution in [2.24, 2.45) is 5.92 Å². The van der Waals surface area contributed by atoms with Crippen molar-refractivity contribution in [2.45, 2.75) is 13.8 Å². The fraction of sp³-hybridized carbons (Fsp3) is 0.250. The van der Waals surface area contributed by atoms with Crippen molar-refractivity contribution in [1.82, 2.24) is 10.1 Å². The number of halogens is 2. The van der Waals surface area contributed by atoms with E-state index in [-0.39, 0.29) is 5.75 Å². The molecule has 0 atom stereocenters. The molecule has 0 bridgehead atoms. The lowest BCUT2D eigenvalue weighted by atomic mass is 10.1. The number of rotatable bonds is 8. The van der Waals surface area contributed by atoms with E-state index in [2.05, 4.69) is 10.1 Å². The van der Waals surface area contributed by atoms with Gasteiger partial charge in [-0.2, -0.15) is 0 Å². The molecule has 152 valence electrons. The number of hydrogen-bond acceptors (Lipinski definition) is 6. The highest BCUT2D eigenvalue weighted by Crippen LogP contribution is 2.32. The summed E-state index contributed by atoms with van der Waals surface area (Å²) < 4.78 is 29.9. The third-order valence-electron chi connectivity index (χ3n) is 3.73. The summed E-state index contributed by atoms with van der Waals surface area (Å²) >= 11 is 6.22. The van der Waals surface area contributed by atoms with Gasteiger partial charge in [-0.05, 0) is 30.2 Å². The minimum atomic E-state index is -1.19. The number of hydrogen-bond donors (Lipinski definition) is 1. The third kappa shape index (κ3) is 5.23. The van der Waals surface area contributed by atoms with Gasteiger partial charge in [0.25, 0.3) is 0 Å². The van der Waals surface area contributed by atoms with Crippen LogP contribution < -0.4 is 9.47 Å². The lowest BCUT2D eigenvalue weighted by Crippen LogP contribution is -2.10. The van der Waals surface area contributed by atoms with Crippen molar-refractivity contribution in [3.63, 3.8) is 0 Å². The highest BCUT2D eigenvalue weighted by molar-refractivity contribution is 6.32. The molecule has 1 N–H and O–H groups in total. The minimum Gasteiger partial charge on any atom is -0.479 e. The Morgan fingerprint density at radius 2 is 2.03 bits per heavy atom. The summed E-state index contributed by atoms with van der Waals surface area (Å²) in [6, 6.07) is 7.34. The molecule has 0 saturated carbocycles. The predicted octanol–water partition coefficient (Wildman–Crippen LogP) is 4.69. The van der Waals surface area contributed by atoms with Gasteiger partial charge in [-0.15, -0.1) is 0 Å². The van der Waals surface area contributed by atoms with Crippen LogP contribution in [0.4, 0.5) is 4.39 Å². The van der Waals surface area contributed by atoms with Crippen LogP contribution in [-0.4, -0.2) is 34.4 Å². The molecule has 1 aromatic carbocycles. The first-order valence-electron chi connectivity index (χ1n) is 8.73. The van der Waals surface area contributed by atoms with E-state index in [0.29, 0.717) is 46.0 Å². The normalized spacial score (nSPS) is 10.9. The van der Waals surface area contributed by atoms with Gasteiger partial charge in [-0.25, -0.2) is 14.2 Å². The number of carbonyl (C=O) groups is 1. The van der Waals surface area contributed by atoms with E-state index < -0.39 is 18.4 Å². The van der Waals surface area contributed by atoms with Crippen LogP contribution in [0, 0.1) is 11.7 Å². The SMILES string of the molecule is CC(C)COc1ncc(-c2cc(-c3ccc(OCC(=O)O)c(F)c3)no2)cc1Cl. The lowest BCUT2D eigenvalue weighted by molar-refractivity contribution is -0.139. The van der Waals surface area contributed by atoms with Crippen molar-refractivity contribution in [2.75, 3.05) is 13.2 Å². The van der Waals surface area contributed by atoms with Crippen molar-refractivity contribution >= 4 is 17.6 Å². The highest BCUT2D eigenvalue weighted by Gasteiger charge is 2.14. The number of carboxylic acids is 1. The molecule has 0 aliphatic rings. The molecular weight excluding hydrogens is 403 g/mol. The van der Waals surface area contributed by atoms with E-state index in [1.165, 1.54) is 12.1 Å². The molecular formula is C20H18ClFN2O5. The van der Waals surface area contributed by atoms with Gasteiger partial charge in [-0.3, -0.25) is 0 Å². The van der Waals surface area contributed by atoms with Gasteiger partial charge in [0.2, 0.25) is 5.88 Å². The molecule has 0 fully saturated rings. The second kappa shape index (κ2) is 8.91. The highest BCUT2D eigenvalue weighted by atomic mass is 35.5. The topological polar surface area (TPSA) is 94.7 Å². The monoisotopic (exact) mass is 420 g/mol. The minimum absolute atomic E-state index is 0.159. The van der Waals surface area contributed by atoms with Gasteiger partial charge in [-0.1, -0.05) is 30.6 Å². The molecule has 3 aromatic rings. The number of benzene rings is 1. The number of aliphatic carboxylic acids is 1. The second-order valence-corrected chi connectivity index (χ2v) is 7.03. The summed E-state index contributed by atoms with van der Waals surface area (Å²) in [6.07, 6.45) is 1.55. The first kappa shape index (κ1) is 20.6. The number of ether oxygens (including phenoxy) is 2. The molecule has 0 aliphatic carbocycles. The summed E-state index contributed by atoms with van der Waals surface area (Å²) in [5.41, 5.74) is 1.42. The third-order valence-corrected chi connectivity index (χ3v) is 4.01. The maximum Gasteiger partial charge on any atom is 0.341 e. The van der Waals surface area contributed by atoms with Crippen LogP contribution >= 0.6 is 11.6 Å². The smallest absolute Gasteiger partial charge is 0.341 e. The van der Waals surface area contributed by atoms with Crippen molar-refractivity contribution in [3.05, 3.63) is 47.4 Å². The van der Waals surface area contributed by atoms with E-state index in [4.69, 9.17) is 30.7 Å². The molecule has 7 nitrogen and oxygen atoms in total. The Hall–Kier alpha value is -3.13. The van der Waals surface area contributed by atoms with Gasteiger partial charge in [0.05, 0.1) is 6.61 Å². The Balaban J connectivity index is 1.78. The Kier molecular flexibility index (Phi) is 6.33. The molecule has 29 heavy (non-hydrogen) atoms. The molecule has 3 rings (SSSR count). The van der Waals surface area contributed by atoms with Gasteiger partial charge >= 0.3 is 5.97 Å². The van der Waals surface area contributed by atoms with Crippen molar-refractivity contribution in [1.29, 1.82) is 0 Å². The van der Waals surface area contributed by atoms with Crippen LogP contribution in [0.5, 0.6) is 11.6 Å². The number of pyridine rings is 1. The quantitative estimate of drug-likeness (QED) is 0.564. The molecule has 2 heterocycles. The summed E-state index contributed by atoms with van der Waals surface area (Å²) in [4.78, 5) is 14.7. The summed E-state index contributed by atoms with van der Waals surface area (Å²) in [7, 11) is 0. The molecule has 2 aromatic heterocycles. The Labute approximate surface area is 171 Å². The van der Waals surface area contributed by atoms with E-state index in [9.17, 15) is 9.18 Å². The predicted molar refractivity (Wildman–Crippen MR) is 104 cm³/mol. The standard InChI is InChI=1S/C20H18ClFN2O5/c1-11(2)9-28-20-14(21)5-13(8-23-20)18-7-16(24-29-18)12-3-4-17(15(22)6-12)27-10-19(25)26/h3-8,11H,9-10H2,1-2H3,(H,25,26). The van der Waals surface area contributed by atoms with E-state index in [1.807, 2.05) is 13.8 Å². The maximum absolute atomic E-state index is 14.1. The zero-order chi connectivity index (χ0) is 21.0. The van der Waals surface area contributed by atoms with Crippen LogP contribution in [0.2, 0.25) is 5.02 Å². The average Bonchev–Trinajstić information content (AvgIpc) is 3.16. The van der Waals surface area contributed by atoms with Crippen LogP contribution in [-0.2, 0) is 4.79 Å². The molecule has 0 amide bonds. The second-order valence-electron chi connectivity index (χ2n) is 6.62. The van der Waals surface area contributed by atoms with E-state index in [0.717, 1.165) is 0 Å². The number of nitrogens with zero attached hydrogens (tertiary/aromatic N) is 2. The lowest BCUT2D eigenvalue weighted by Gasteiger charge is -2.09. The molecule has 0 radical (unpaired) electrons. The van der Waals surface area contributed by atoms with Gasteiger partial charge in [0.15, 0.2) is 23.9 Å². The average molecular weight is 421 g/mol. The van der Waals surface area contributed by atoms with E-state index >= 15 is 0 Å². The maximum atomic E-state index is 14.1. The zero-order valence-corrected chi connectivity index (χ0v) is 16.4. The van der Waals surface area contributed by atoms with Crippen LogP contribution in [0.1, 0.15) is 13.8 Å². The summed E-state index contributed by atoms with van der Waals surface area (Å²) in [6.45, 7) is 3.91. The first-order chi connectivity index (χ1) is 13.8. The fourth-order valence-electron chi connectivity index (χ4n) is 2.38. The molecule has 0 saturated heterocycles. The van der Waals surface area contributed by atoms with E-state index in [1.54, 1.807) is 24.4 Å². The summed E-state index contributed by atoms with van der Waals surface area (Å²) in [5, 5.41) is 12.9. The van der Waals surface area contributed by atoms with Crippen molar-refractivity contribution < 1.29 is 28.3 Å². The van der Waals surface area contributed by atoms with Gasteiger partial charge < -0.3 is 19.1 Å². The molecule has 0 unspecified atom stereocenters. The largest absolute Gasteiger partial charge is 0.479 e. The Morgan fingerprint density at radius 3 is 2.69 bits per heavy atom. The molecule has 9 heteroatoms. The van der Waals surface area contributed by atoms with Crippen LogP contribution in [0.3, 0.4) is 0 Å². The number of aromatic nitrogens is 2. The Bertz CT molecular complexity index is 1020. The molecule has 0 spiro atoms. The fourth-order valence-corrected chi connectivity index (χ4v) is 2.60. The summed E-state index contributed by atoms with van der Waals surface area (Å²) in [5.74, 6) is -0.981. The van der Waals surface area contributed by atoms with Gasteiger partial charge in [0.1, 0.15) is 10.7 Å². The van der Waals surface area contributed by atoms with Crippen LogP contribution in [0.15, 0.2) is 41.1 Å². The first-order valence-corrected chi connectivity index (χ1v) is 9.11.